The summed E-state index contributed by atoms with van der Waals surface area (Å²) in [4.78, 5) is 12.2. The van der Waals surface area contributed by atoms with Crippen molar-refractivity contribution in [3.8, 4) is 11.5 Å². The quantitative estimate of drug-likeness (QED) is 0.850. The van der Waals surface area contributed by atoms with Crippen LogP contribution in [-0.4, -0.2) is 45.2 Å². The minimum absolute atomic E-state index is 0.00483. The van der Waals surface area contributed by atoms with Crippen LogP contribution in [0, 0.1) is 0 Å². The van der Waals surface area contributed by atoms with E-state index in [2.05, 4.69) is 10.6 Å². The first-order chi connectivity index (χ1) is 11.3. The van der Waals surface area contributed by atoms with Gasteiger partial charge in [0.2, 0.25) is 0 Å². The Hall–Kier alpha value is -1.96. The fourth-order valence-corrected chi connectivity index (χ4v) is 4.59. The summed E-state index contributed by atoms with van der Waals surface area (Å²) < 4.78 is 34.0. The van der Waals surface area contributed by atoms with E-state index >= 15 is 0 Å². The molecule has 2 heterocycles. The number of hydrogen-bond donors (Lipinski definition) is 2. The number of urea groups is 1. The van der Waals surface area contributed by atoms with Gasteiger partial charge in [-0.25, -0.2) is 13.2 Å². The Labute approximate surface area is 141 Å². The lowest BCUT2D eigenvalue weighted by Crippen LogP contribution is -2.49. The summed E-state index contributed by atoms with van der Waals surface area (Å²) in [6.45, 7) is 4.79. The minimum atomic E-state index is -3.02. The van der Waals surface area contributed by atoms with Gasteiger partial charge in [-0.3, -0.25) is 0 Å². The van der Waals surface area contributed by atoms with Gasteiger partial charge in [-0.1, -0.05) is 6.07 Å². The van der Waals surface area contributed by atoms with E-state index in [1.165, 1.54) is 0 Å². The van der Waals surface area contributed by atoms with Gasteiger partial charge in [0.1, 0.15) is 13.2 Å². The lowest BCUT2D eigenvalue weighted by atomic mass is 9.94. The maximum absolute atomic E-state index is 12.2. The van der Waals surface area contributed by atoms with Gasteiger partial charge in [-0.05, 0) is 38.0 Å². The normalized spacial score (nSPS) is 22.0. The lowest BCUT2D eigenvalue weighted by Gasteiger charge is -2.29. The summed E-state index contributed by atoms with van der Waals surface area (Å²) >= 11 is 0. The zero-order valence-corrected chi connectivity index (χ0v) is 14.6. The second kappa shape index (κ2) is 6.16. The Morgan fingerprint density at radius 2 is 1.92 bits per heavy atom. The van der Waals surface area contributed by atoms with Crippen molar-refractivity contribution in [3.05, 3.63) is 23.8 Å². The van der Waals surface area contributed by atoms with Crippen LogP contribution in [0.1, 0.15) is 25.8 Å². The predicted octanol–water partition coefficient (Wildman–Crippen LogP) is 1.18. The third-order valence-electron chi connectivity index (χ3n) is 4.26. The van der Waals surface area contributed by atoms with Gasteiger partial charge < -0.3 is 20.1 Å². The van der Waals surface area contributed by atoms with Gasteiger partial charge in [-0.15, -0.1) is 0 Å². The average molecular weight is 354 g/mol. The molecule has 8 heteroatoms. The Kier molecular flexibility index (Phi) is 4.33. The Morgan fingerprint density at radius 1 is 1.21 bits per heavy atom. The molecule has 2 amide bonds. The van der Waals surface area contributed by atoms with Gasteiger partial charge in [0.25, 0.3) is 0 Å². The van der Waals surface area contributed by atoms with Crippen molar-refractivity contribution in [3.63, 3.8) is 0 Å². The minimum Gasteiger partial charge on any atom is -0.486 e. The molecule has 1 aromatic carbocycles. The highest BCUT2D eigenvalue weighted by atomic mass is 32.2. The van der Waals surface area contributed by atoms with Crippen LogP contribution in [-0.2, 0) is 15.4 Å². The average Bonchev–Trinajstić information content (AvgIpc) is 2.84. The van der Waals surface area contributed by atoms with Crippen LogP contribution >= 0.6 is 0 Å². The number of hydrogen-bond acceptors (Lipinski definition) is 5. The third-order valence-corrected chi connectivity index (χ3v) is 6.03. The molecule has 132 valence electrons. The van der Waals surface area contributed by atoms with E-state index < -0.39 is 15.4 Å². The van der Waals surface area contributed by atoms with Crippen molar-refractivity contribution >= 4 is 15.9 Å². The fraction of sp³-hybridized carbons (Fsp3) is 0.562. The van der Waals surface area contributed by atoms with Gasteiger partial charge >= 0.3 is 6.03 Å². The standard InChI is InChI=1S/C16H22N2O5S/c1-16(2,11-3-4-13-14(9-11)23-7-6-22-13)18-15(19)17-12-5-8-24(20,21)10-12/h3-4,9,12H,5-8,10H2,1-2H3,(H2,17,18,19). The van der Waals surface area contributed by atoms with Crippen LogP contribution in [0.25, 0.3) is 0 Å². The van der Waals surface area contributed by atoms with E-state index in [-0.39, 0.29) is 23.6 Å². The first-order valence-electron chi connectivity index (χ1n) is 7.94. The molecule has 24 heavy (non-hydrogen) atoms. The van der Waals surface area contributed by atoms with Crippen LogP contribution < -0.4 is 20.1 Å². The molecule has 0 aromatic heterocycles. The topological polar surface area (TPSA) is 93.7 Å². The Balaban J connectivity index is 1.66. The van der Waals surface area contributed by atoms with Crippen LogP contribution in [0.4, 0.5) is 4.79 Å². The van der Waals surface area contributed by atoms with Crippen molar-refractivity contribution in [2.45, 2.75) is 31.8 Å². The van der Waals surface area contributed by atoms with Gasteiger partial charge in [0.15, 0.2) is 21.3 Å². The highest BCUT2D eigenvalue weighted by molar-refractivity contribution is 7.91. The number of fused-ring (bicyclic) bond motifs is 1. The van der Waals surface area contributed by atoms with E-state index in [4.69, 9.17) is 9.47 Å². The van der Waals surface area contributed by atoms with Crippen LogP contribution in [0.15, 0.2) is 18.2 Å². The monoisotopic (exact) mass is 354 g/mol. The zero-order chi connectivity index (χ0) is 17.4. The molecule has 0 bridgehead atoms. The van der Waals surface area contributed by atoms with Crippen LogP contribution in [0.3, 0.4) is 0 Å². The molecule has 0 radical (unpaired) electrons. The molecule has 2 N–H and O–H groups in total. The van der Waals surface area contributed by atoms with Gasteiger partial charge in [-0.2, -0.15) is 0 Å². The zero-order valence-electron chi connectivity index (χ0n) is 13.8. The highest BCUT2D eigenvalue weighted by Gasteiger charge is 2.31. The number of rotatable bonds is 3. The molecule has 1 saturated heterocycles. The van der Waals surface area contributed by atoms with Crippen molar-refractivity contribution in [2.75, 3.05) is 24.7 Å². The number of benzene rings is 1. The second-order valence-electron chi connectivity index (χ2n) is 6.68. The molecule has 1 atom stereocenters. The van der Waals surface area contributed by atoms with Crippen molar-refractivity contribution in [2.24, 2.45) is 0 Å². The number of sulfone groups is 1. The van der Waals surface area contributed by atoms with E-state index in [1.54, 1.807) is 0 Å². The predicted molar refractivity (Wildman–Crippen MR) is 89.2 cm³/mol. The summed E-state index contributed by atoms with van der Waals surface area (Å²) in [6, 6.07) is 4.86. The molecule has 2 aliphatic heterocycles. The van der Waals surface area contributed by atoms with Crippen molar-refractivity contribution < 1.29 is 22.7 Å². The Morgan fingerprint density at radius 3 is 2.58 bits per heavy atom. The van der Waals surface area contributed by atoms with Gasteiger partial charge in [0, 0.05) is 6.04 Å². The van der Waals surface area contributed by atoms with E-state index in [0.717, 1.165) is 5.56 Å². The molecule has 0 aliphatic carbocycles. The molecule has 1 aromatic rings. The van der Waals surface area contributed by atoms with Crippen molar-refractivity contribution in [1.29, 1.82) is 0 Å². The number of ether oxygens (including phenoxy) is 2. The first kappa shape index (κ1) is 16.9. The molecule has 0 spiro atoms. The van der Waals surface area contributed by atoms with E-state index in [9.17, 15) is 13.2 Å². The Bertz CT molecular complexity index is 745. The number of carbonyl (C=O) groups is 1. The maximum atomic E-state index is 12.2. The summed E-state index contributed by atoms with van der Waals surface area (Å²) in [7, 11) is -3.02. The summed E-state index contributed by atoms with van der Waals surface area (Å²) in [5, 5.41) is 5.63. The SMILES string of the molecule is CC(C)(NC(=O)NC1CCS(=O)(=O)C1)c1ccc2c(c1)OCCO2. The third kappa shape index (κ3) is 3.75. The molecule has 2 aliphatic rings. The molecule has 7 nitrogen and oxygen atoms in total. The number of nitrogens with one attached hydrogen (secondary N) is 2. The van der Waals surface area contributed by atoms with E-state index in [0.29, 0.717) is 31.1 Å². The van der Waals surface area contributed by atoms with E-state index in [1.807, 2.05) is 32.0 Å². The summed E-state index contributed by atoms with van der Waals surface area (Å²) in [5.74, 6) is 1.49. The van der Waals surface area contributed by atoms with Crippen molar-refractivity contribution in [1.82, 2.24) is 10.6 Å². The molecular formula is C16H22N2O5S. The first-order valence-corrected chi connectivity index (χ1v) is 9.76. The molecule has 1 unspecified atom stereocenters. The molecular weight excluding hydrogens is 332 g/mol. The summed E-state index contributed by atoms with van der Waals surface area (Å²) in [6.07, 6.45) is 0.459. The molecule has 1 fully saturated rings. The summed E-state index contributed by atoms with van der Waals surface area (Å²) in [5.41, 5.74) is 0.234. The van der Waals surface area contributed by atoms with Crippen LogP contribution in [0.5, 0.6) is 11.5 Å². The molecule has 3 rings (SSSR count). The molecule has 0 saturated carbocycles. The number of amides is 2. The smallest absolute Gasteiger partial charge is 0.315 e. The highest BCUT2D eigenvalue weighted by Crippen LogP contribution is 2.34. The second-order valence-corrected chi connectivity index (χ2v) is 8.91. The van der Waals surface area contributed by atoms with Crippen LogP contribution in [0.2, 0.25) is 0 Å². The number of carbonyl (C=O) groups excluding carboxylic acids is 1. The van der Waals surface area contributed by atoms with Gasteiger partial charge in [0.05, 0.1) is 17.0 Å². The lowest BCUT2D eigenvalue weighted by molar-refractivity contribution is 0.171. The maximum Gasteiger partial charge on any atom is 0.315 e. The fourth-order valence-electron chi connectivity index (χ4n) is 2.92. The largest absolute Gasteiger partial charge is 0.486 e.